The lowest BCUT2D eigenvalue weighted by atomic mass is 10.1. The van der Waals surface area contributed by atoms with Crippen molar-refractivity contribution >= 4 is 34.4 Å². The molecule has 5 nitrogen and oxygen atoms in total. The van der Waals surface area contributed by atoms with Crippen molar-refractivity contribution in [3.05, 3.63) is 40.4 Å². The van der Waals surface area contributed by atoms with Crippen LogP contribution < -0.4 is 5.73 Å². The first-order chi connectivity index (χ1) is 7.58. The van der Waals surface area contributed by atoms with Crippen molar-refractivity contribution in [2.45, 2.75) is 0 Å². The molecule has 2 rings (SSSR count). The summed E-state index contributed by atoms with van der Waals surface area (Å²) in [6.45, 7) is 0. The Hall–Kier alpha value is -1.79. The number of nitro groups is 1. The molecule has 0 radical (unpaired) electrons. The Morgan fingerprint density at radius 2 is 2.00 bits per heavy atom. The number of anilines is 1. The third-order valence-electron chi connectivity index (χ3n) is 2.06. The van der Waals surface area contributed by atoms with Gasteiger partial charge < -0.3 is 10.8 Å². The molecule has 0 aliphatic carbocycles. The highest BCUT2D eigenvalue weighted by atomic mass is 35.5. The summed E-state index contributed by atoms with van der Waals surface area (Å²) in [5.74, 6) is 0.0611. The van der Waals surface area contributed by atoms with Gasteiger partial charge in [-0.05, 0) is 24.3 Å². The van der Waals surface area contributed by atoms with Crippen LogP contribution in [0.4, 0.5) is 10.7 Å². The highest BCUT2D eigenvalue weighted by Crippen LogP contribution is 2.38. The first-order valence-corrected chi connectivity index (χ1v) is 5.22. The summed E-state index contributed by atoms with van der Waals surface area (Å²) in [5.41, 5.74) is 6.61. The topological polar surface area (TPSA) is 89.4 Å². The molecule has 1 aromatic carbocycles. The van der Waals surface area contributed by atoms with E-state index in [0.717, 1.165) is 11.3 Å². The van der Waals surface area contributed by atoms with Crippen LogP contribution in [0.1, 0.15) is 0 Å². The van der Waals surface area contributed by atoms with Crippen LogP contribution in [0.5, 0.6) is 5.75 Å². The fourth-order valence-corrected chi connectivity index (χ4v) is 2.17. The number of hydrogen-bond acceptors (Lipinski definition) is 5. The number of hydrogen-bond donors (Lipinski definition) is 2. The van der Waals surface area contributed by atoms with E-state index in [1.54, 1.807) is 18.2 Å². The maximum atomic E-state index is 10.5. The van der Waals surface area contributed by atoms with Crippen molar-refractivity contribution in [1.82, 2.24) is 0 Å². The van der Waals surface area contributed by atoms with Gasteiger partial charge in [0, 0.05) is 22.2 Å². The zero-order valence-corrected chi connectivity index (χ0v) is 10.1. The SMILES string of the molecule is Cl.Nc1ccc(O)c(-c2ccc([N+](=O)[O-])s2)c1. The molecule has 0 spiro atoms. The van der Waals surface area contributed by atoms with Crippen molar-refractivity contribution in [1.29, 1.82) is 0 Å². The van der Waals surface area contributed by atoms with Crippen LogP contribution in [0.15, 0.2) is 30.3 Å². The molecule has 0 bridgehead atoms. The fourth-order valence-electron chi connectivity index (χ4n) is 1.32. The Kier molecular flexibility index (Phi) is 3.93. The largest absolute Gasteiger partial charge is 0.507 e. The Labute approximate surface area is 107 Å². The molecule has 0 unspecified atom stereocenters. The number of nitrogen functional groups attached to an aromatic ring is 1. The van der Waals surface area contributed by atoms with Crippen molar-refractivity contribution < 1.29 is 10.0 Å². The van der Waals surface area contributed by atoms with Gasteiger partial charge >= 0.3 is 5.00 Å². The Morgan fingerprint density at radius 3 is 2.59 bits per heavy atom. The summed E-state index contributed by atoms with van der Waals surface area (Å²) in [7, 11) is 0. The molecule has 0 aliphatic heterocycles. The number of nitrogens with two attached hydrogens (primary N) is 1. The van der Waals surface area contributed by atoms with Gasteiger partial charge in [-0.2, -0.15) is 0 Å². The second-order valence-corrected chi connectivity index (χ2v) is 4.23. The quantitative estimate of drug-likeness (QED) is 0.380. The number of phenols is 1. The van der Waals surface area contributed by atoms with Gasteiger partial charge in [-0.1, -0.05) is 11.3 Å². The number of thiophene rings is 1. The van der Waals surface area contributed by atoms with E-state index in [9.17, 15) is 15.2 Å². The normalized spacial score (nSPS) is 9.65. The molecule has 0 aliphatic rings. The zero-order valence-electron chi connectivity index (χ0n) is 8.49. The number of nitrogens with zero attached hydrogens (tertiary/aromatic N) is 1. The minimum Gasteiger partial charge on any atom is -0.507 e. The Balaban J connectivity index is 0.00000144. The van der Waals surface area contributed by atoms with Crippen LogP contribution >= 0.6 is 23.7 Å². The molecule has 0 amide bonds. The van der Waals surface area contributed by atoms with Gasteiger partial charge in [-0.3, -0.25) is 10.1 Å². The Bertz CT molecular complexity index is 556. The molecule has 7 heteroatoms. The first-order valence-electron chi connectivity index (χ1n) is 4.41. The predicted molar refractivity (Wildman–Crippen MR) is 69.7 cm³/mol. The average molecular weight is 273 g/mol. The molecule has 17 heavy (non-hydrogen) atoms. The summed E-state index contributed by atoms with van der Waals surface area (Å²) in [6, 6.07) is 7.63. The van der Waals surface area contributed by atoms with Crippen LogP contribution in [0.3, 0.4) is 0 Å². The van der Waals surface area contributed by atoms with Crippen LogP contribution in [-0.4, -0.2) is 10.0 Å². The third-order valence-corrected chi connectivity index (χ3v) is 3.13. The average Bonchev–Trinajstić information content (AvgIpc) is 2.70. The van der Waals surface area contributed by atoms with E-state index in [1.807, 2.05) is 0 Å². The number of phenolic OH excluding ortho intramolecular Hbond substituents is 1. The maximum Gasteiger partial charge on any atom is 0.324 e. The lowest BCUT2D eigenvalue weighted by molar-refractivity contribution is -0.380. The standard InChI is InChI=1S/C10H8N2O3S.ClH/c11-6-1-2-8(13)7(5-6)9-3-4-10(16-9)12(14)15;/h1-5,13H,11H2;1H. The van der Waals surface area contributed by atoms with Crippen LogP contribution in [0.25, 0.3) is 10.4 Å². The van der Waals surface area contributed by atoms with E-state index >= 15 is 0 Å². The summed E-state index contributed by atoms with van der Waals surface area (Å²) < 4.78 is 0. The lowest BCUT2D eigenvalue weighted by Gasteiger charge is -2.02. The molecule has 3 N–H and O–H groups in total. The van der Waals surface area contributed by atoms with Gasteiger partial charge in [0.1, 0.15) is 5.75 Å². The smallest absolute Gasteiger partial charge is 0.324 e. The fraction of sp³-hybridized carbons (Fsp3) is 0. The monoisotopic (exact) mass is 272 g/mol. The van der Waals surface area contributed by atoms with E-state index in [0.29, 0.717) is 16.1 Å². The molecule has 90 valence electrons. The second-order valence-electron chi connectivity index (χ2n) is 3.17. The highest BCUT2D eigenvalue weighted by molar-refractivity contribution is 7.18. The van der Waals surface area contributed by atoms with E-state index in [-0.39, 0.29) is 23.2 Å². The van der Waals surface area contributed by atoms with E-state index in [4.69, 9.17) is 5.73 Å². The van der Waals surface area contributed by atoms with Crippen molar-refractivity contribution in [3.63, 3.8) is 0 Å². The summed E-state index contributed by atoms with van der Waals surface area (Å²) in [6.07, 6.45) is 0. The number of benzene rings is 1. The number of rotatable bonds is 2. The molecule has 2 aromatic rings. The van der Waals surface area contributed by atoms with Crippen molar-refractivity contribution in [2.24, 2.45) is 0 Å². The molecular weight excluding hydrogens is 264 g/mol. The van der Waals surface area contributed by atoms with Gasteiger partial charge in [0.25, 0.3) is 0 Å². The summed E-state index contributed by atoms with van der Waals surface area (Å²) in [5, 5.41) is 20.2. The minimum atomic E-state index is -0.461. The third kappa shape index (κ3) is 2.66. The molecule has 0 saturated heterocycles. The minimum absolute atomic E-state index is 0. The maximum absolute atomic E-state index is 10.5. The molecule has 1 aromatic heterocycles. The molecule has 1 heterocycles. The second kappa shape index (κ2) is 5.03. The van der Waals surface area contributed by atoms with Crippen LogP contribution in [-0.2, 0) is 0 Å². The highest BCUT2D eigenvalue weighted by Gasteiger charge is 2.13. The van der Waals surface area contributed by atoms with E-state index in [1.165, 1.54) is 12.1 Å². The lowest BCUT2D eigenvalue weighted by Crippen LogP contribution is -1.84. The molecule has 0 atom stereocenters. The first kappa shape index (κ1) is 13.3. The van der Waals surface area contributed by atoms with Crippen LogP contribution in [0, 0.1) is 10.1 Å². The van der Waals surface area contributed by atoms with E-state index in [2.05, 4.69) is 0 Å². The van der Waals surface area contributed by atoms with Crippen molar-refractivity contribution in [2.75, 3.05) is 5.73 Å². The van der Waals surface area contributed by atoms with Gasteiger partial charge in [-0.15, -0.1) is 12.4 Å². The molecule has 0 saturated carbocycles. The summed E-state index contributed by atoms with van der Waals surface area (Å²) in [4.78, 5) is 10.7. The predicted octanol–water partition coefficient (Wildman–Crippen LogP) is 3.03. The van der Waals surface area contributed by atoms with Crippen LogP contribution in [0.2, 0.25) is 0 Å². The van der Waals surface area contributed by atoms with Gasteiger partial charge in [0.15, 0.2) is 0 Å². The molecular formula is C10H9ClN2O3S. The Morgan fingerprint density at radius 1 is 1.29 bits per heavy atom. The van der Waals surface area contributed by atoms with Gasteiger partial charge in [0.05, 0.1) is 4.92 Å². The number of halogens is 1. The van der Waals surface area contributed by atoms with Gasteiger partial charge in [0.2, 0.25) is 0 Å². The number of aromatic hydroxyl groups is 1. The van der Waals surface area contributed by atoms with Crippen molar-refractivity contribution in [3.8, 4) is 16.2 Å². The van der Waals surface area contributed by atoms with E-state index < -0.39 is 4.92 Å². The van der Waals surface area contributed by atoms with Gasteiger partial charge in [-0.25, -0.2) is 0 Å². The summed E-state index contributed by atoms with van der Waals surface area (Å²) >= 11 is 1.00. The molecule has 0 fully saturated rings. The zero-order chi connectivity index (χ0) is 11.7.